The van der Waals surface area contributed by atoms with Gasteiger partial charge in [-0.2, -0.15) is 0 Å². The lowest BCUT2D eigenvalue weighted by molar-refractivity contribution is -0.136. The molecule has 0 spiro atoms. The van der Waals surface area contributed by atoms with Crippen LogP contribution in [0.1, 0.15) is 71.2 Å². The lowest BCUT2D eigenvalue weighted by Crippen LogP contribution is -2.54. The molecule has 4 aromatic rings. The maximum atomic E-state index is 13.5. The molecule has 0 bridgehead atoms. The summed E-state index contributed by atoms with van der Waals surface area (Å²) in [6.07, 6.45) is 3.75. The zero-order valence-electron chi connectivity index (χ0n) is 30.9. The Kier molecular flexibility index (Phi) is 9.87. The van der Waals surface area contributed by atoms with Crippen LogP contribution >= 0.6 is 0 Å². The monoisotopic (exact) mass is 756 g/mol. The molecule has 56 heavy (non-hydrogen) atoms. The van der Waals surface area contributed by atoms with Gasteiger partial charge in [0.1, 0.15) is 11.8 Å². The van der Waals surface area contributed by atoms with E-state index < -0.39 is 29.7 Å². The quantitative estimate of drug-likeness (QED) is 0.182. The Morgan fingerprint density at radius 2 is 1.54 bits per heavy atom. The molecule has 288 valence electrons. The number of amides is 5. The second-order valence-corrected chi connectivity index (χ2v) is 15.2. The summed E-state index contributed by atoms with van der Waals surface area (Å²) in [5.41, 5.74) is 10.5. The van der Waals surface area contributed by atoms with Crippen molar-refractivity contribution in [2.24, 2.45) is 5.92 Å². The van der Waals surface area contributed by atoms with Crippen LogP contribution in [-0.4, -0.2) is 88.5 Å². The van der Waals surface area contributed by atoms with Gasteiger partial charge in [0.25, 0.3) is 11.8 Å². The first-order valence-corrected chi connectivity index (χ1v) is 19.2. The van der Waals surface area contributed by atoms with Crippen molar-refractivity contribution < 1.29 is 29.1 Å². The summed E-state index contributed by atoms with van der Waals surface area (Å²) in [6.45, 7) is 3.27. The number of nitrogens with two attached hydrogens (primary N) is 1. The Balaban J connectivity index is 0.873. The van der Waals surface area contributed by atoms with Crippen molar-refractivity contribution in [1.29, 1.82) is 0 Å². The van der Waals surface area contributed by atoms with E-state index in [9.17, 15) is 29.1 Å². The number of fused-ring (bicyclic) bond motifs is 1. The zero-order chi connectivity index (χ0) is 39.0. The van der Waals surface area contributed by atoms with Crippen LogP contribution in [0, 0.1) is 5.92 Å². The average molecular weight is 757 g/mol. The standard InChI is InChI=1S/C42H44N8O6/c43-38-34(24-32(46-47-38)30-8-4-5-9-35(30)51)49-20-16-42(17-21-49,27-6-2-1-3-7-27)25-44-37(53)22-26-14-18-48(19-15-26)28-10-11-29-31(23-28)41(56)50(40(29)55)33-12-13-36(52)45-39(33)54/h1-11,23-24,26,33,51H,12-22,25H2,(H2,43,47)(H,44,53)(H,45,52,54). The molecular weight excluding hydrogens is 713 g/mol. The van der Waals surface area contributed by atoms with Crippen LogP contribution in [0.4, 0.5) is 17.2 Å². The fraction of sp³-hybridized carbons (Fsp3) is 0.357. The molecule has 4 aliphatic rings. The third kappa shape index (κ3) is 7.02. The lowest BCUT2D eigenvalue weighted by Gasteiger charge is -2.43. The zero-order valence-corrected chi connectivity index (χ0v) is 30.9. The minimum atomic E-state index is -1.00. The van der Waals surface area contributed by atoms with Crippen molar-refractivity contribution in [2.45, 2.75) is 56.4 Å². The molecule has 1 aromatic heterocycles. The fourth-order valence-electron chi connectivity index (χ4n) is 8.65. The average Bonchev–Trinajstić information content (AvgIpc) is 3.46. The van der Waals surface area contributed by atoms with Gasteiger partial charge in [0.15, 0.2) is 5.82 Å². The first-order valence-electron chi connectivity index (χ1n) is 19.2. The molecule has 14 heteroatoms. The van der Waals surface area contributed by atoms with Crippen molar-refractivity contribution in [1.82, 2.24) is 25.7 Å². The first-order chi connectivity index (χ1) is 27.1. The number of anilines is 3. The third-order valence-electron chi connectivity index (χ3n) is 11.9. The van der Waals surface area contributed by atoms with Gasteiger partial charge < -0.3 is 26.0 Å². The number of phenols is 1. The number of phenolic OH excluding ortho intramolecular Hbond substituents is 1. The normalized spacial score (nSPS) is 19.9. The number of rotatable bonds is 9. The SMILES string of the molecule is Nc1nnc(-c2ccccc2O)cc1N1CCC(CNC(=O)CC2CCN(c3ccc4c(c3)C(=O)N(C3CCC(=O)NC3=O)C4=O)CC2)(c2ccccc2)CC1. The van der Waals surface area contributed by atoms with E-state index in [1.165, 1.54) is 5.56 Å². The van der Waals surface area contributed by atoms with Crippen LogP contribution in [0.5, 0.6) is 5.75 Å². The number of aromatic nitrogens is 2. The van der Waals surface area contributed by atoms with Gasteiger partial charge in [-0.3, -0.25) is 34.2 Å². The fourth-order valence-corrected chi connectivity index (χ4v) is 8.65. The van der Waals surface area contributed by atoms with E-state index in [4.69, 9.17) is 5.73 Å². The van der Waals surface area contributed by atoms with E-state index in [2.05, 4.69) is 42.8 Å². The highest BCUT2D eigenvalue weighted by Gasteiger charge is 2.45. The van der Waals surface area contributed by atoms with Gasteiger partial charge in [0.05, 0.1) is 22.5 Å². The Hall–Kier alpha value is -6.31. The second kappa shape index (κ2) is 15.1. The molecule has 4 aliphatic heterocycles. The van der Waals surface area contributed by atoms with Crippen LogP contribution < -0.4 is 26.2 Å². The smallest absolute Gasteiger partial charge is 0.262 e. The van der Waals surface area contributed by atoms with E-state index >= 15 is 0 Å². The summed E-state index contributed by atoms with van der Waals surface area (Å²) in [7, 11) is 0. The molecule has 5 N–H and O–H groups in total. The van der Waals surface area contributed by atoms with Crippen molar-refractivity contribution in [3.8, 4) is 17.0 Å². The molecule has 0 saturated carbocycles. The van der Waals surface area contributed by atoms with E-state index in [1.54, 1.807) is 30.3 Å². The van der Waals surface area contributed by atoms with Gasteiger partial charge in [-0.15, -0.1) is 10.2 Å². The van der Waals surface area contributed by atoms with Crippen LogP contribution in [-0.2, 0) is 19.8 Å². The van der Waals surface area contributed by atoms with E-state index in [0.29, 0.717) is 56.2 Å². The molecule has 3 aromatic carbocycles. The van der Waals surface area contributed by atoms with Crippen molar-refractivity contribution in [3.63, 3.8) is 0 Å². The third-order valence-corrected chi connectivity index (χ3v) is 11.9. The molecule has 5 heterocycles. The van der Waals surface area contributed by atoms with Gasteiger partial charge in [-0.25, -0.2) is 0 Å². The number of imide groups is 2. The van der Waals surface area contributed by atoms with Crippen LogP contribution in [0.2, 0.25) is 0 Å². The van der Waals surface area contributed by atoms with Crippen LogP contribution in [0.3, 0.4) is 0 Å². The van der Waals surface area contributed by atoms with E-state index in [1.807, 2.05) is 36.4 Å². The number of benzene rings is 3. The van der Waals surface area contributed by atoms with Crippen molar-refractivity contribution >= 4 is 46.7 Å². The van der Waals surface area contributed by atoms with Crippen LogP contribution in [0.25, 0.3) is 11.3 Å². The summed E-state index contributed by atoms with van der Waals surface area (Å²) >= 11 is 0. The number of nitrogens with one attached hydrogen (secondary N) is 2. The Morgan fingerprint density at radius 3 is 2.27 bits per heavy atom. The molecule has 1 unspecified atom stereocenters. The number of nitrogen functional groups attached to an aromatic ring is 1. The highest BCUT2D eigenvalue weighted by Crippen LogP contribution is 2.39. The van der Waals surface area contributed by atoms with Gasteiger partial charge in [-0.1, -0.05) is 42.5 Å². The number of hydrogen-bond acceptors (Lipinski definition) is 11. The molecule has 1 atom stereocenters. The maximum Gasteiger partial charge on any atom is 0.262 e. The van der Waals surface area contributed by atoms with E-state index in [-0.39, 0.29) is 47.0 Å². The molecule has 8 rings (SSSR count). The minimum Gasteiger partial charge on any atom is -0.507 e. The molecule has 3 saturated heterocycles. The summed E-state index contributed by atoms with van der Waals surface area (Å²) in [5, 5.41) is 24.4. The number of carbonyl (C=O) groups is 5. The van der Waals surface area contributed by atoms with Crippen molar-refractivity contribution in [2.75, 3.05) is 48.3 Å². The summed E-state index contributed by atoms with van der Waals surface area (Å²) < 4.78 is 0. The predicted molar refractivity (Wildman–Crippen MR) is 209 cm³/mol. The van der Waals surface area contributed by atoms with Gasteiger partial charge in [-0.05, 0) is 80.0 Å². The van der Waals surface area contributed by atoms with Gasteiger partial charge in [0.2, 0.25) is 17.7 Å². The van der Waals surface area contributed by atoms with Gasteiger partial charge in [0, 0.05) is 62.2 Å². The largest absolute Gasteiger partial charge is 0.507 e. The van der Waals surface area contributed by atoms with Crippen LogP contribution in [0.15, 0.2) is 78.9 Å². The number of aromatic hydroxyl groups is 1. The molecule has 0 aliphatic carbocycles. The molecule has 5 amide bonds. The maximum absolute atomic E-state index is 13.5. The number of nitrogens with zero attached hydrogens (tertiary/aromatic N) is 5. The summed E-state index contributed by atoms with van der Waals surface area (Å²) in [4.78, 5) is 69.4. The topological polar surface area (TPSA) is 191 Å². The lowest BCUT2D eigenvalue weighted by atomic mass is 9.72. The number of piperidine rings is 3. The molecular formula is C42H44N8O6. The number of para-hydroxylation sites is 1. The molecule has 3 fully saturated rings. The molecule has 14 nitrogen and oxygen atoms in total. The molecule has 0 radical (unpaired) electrons. The first kappa shape index (κ1) is 36.7. The Morgan fingerprint density at radius 1 is 0.821 bits per heavy atom. The summed E-state index contributed by atoms with van der Waals surface area (Å²) in [6, 6.07) is 23.4. The Labute approximate surface area is 324 Å². The van der Waals surface area contributed by atoms with E-state index in [0.717, 1.165) is 42.0 Å². The summed E-state index contributed by atoms with van der Waals surface area (Å²) in [5.74, 6) is -1.42. The second-order valence-electron chi connectivity index (χ2n) is 15.2. The van der Waals surface area contributed by atoms with Gasteiger partial charge >= 0.3 is 0 Å². The highest BCUT2D eigenvalue weighted by molar-refractivity contribution is 6.23. The highest BCUT2D eigenvalue weighted by atomic mass is 16.3. The minimum absolute atomic E-state index is 0.0197. The Bertz CT molecular complexity index is 2200. The number of hydrogen-bond donors (Lipinski definition) is 4. The number of carbonyl (C=O) groups excluding carboxylic acids is 5. The van der Waals surface area contributed by atoms with Crippen molar-refractivity contribution in [3.05, 3.63) is 95.6 Å². The predicted octanol–water partition coefficient (Wildman–Crippen LogP) is 3.79.